The van der Waals surface area contributed by atoms with Crippen LogP contribution < -0.4 is 4.74 Å². The number of ether oxygens (including phenoxy) is 1. The number of aromatic hydroxyl groups is 1. The maximum Gasteiger partial charge on any atom is 0.294 e. The van der Waals surface area contributed by atoms with E-state index in [4.69, 9.17) is 4.74 Å². The lowest BCUT2D eigenvalue weighted by Crippen LogP contribution is -2.51. The fourth-order valence-electron chi connectivity index (χ4n) is 4.56. The number of nitrogens with zero attached hydrogens (tertiary/aromatic N) is 5. The van der Waals surface area contributed by atoms with Gasteiger partial charge < -0.3 is 14.4 Å². The first kappa shape index (κ1) is 17.6. The molecule has 2 saturated heterocycles. The minimum Gasteiger partial charge on any atom is -0.507 e. The van der Waals surface area contributed by atoms with Gasteiger partial charge in [-0.3, -0.25) is 4.90 Å². The second kappa shape index (κ2) is 6.56. The number of hydrogen-bond donors (Lipinski definition) is 1. The Morgan fingerprint density at radius 2 is 2.21 bits per heavy atom. The van der Waals surface area contributed by atoms with Crippen molar-refractivity contribution < 1.29 is 9.84 Å². The highest BCUT2D eigenvalue weighted by Crippen LogP contribution is 2.44. The van der Waals surface area contributed by atoms with Gasteiger partial charge in [0, 0.05) is 36.5 Å². The summed E-state index contributed by atoms with van der Waals surface area (Å²) in [6.45, 7) is 2.33. The maximum absolute atomic E-state index is 10.5. The third kappa shape index (κ3) is 2.97. The van der Waals surface area contributed by atoms with Crippen LogP contribution in [0.15, 0.2) is 36.9 Å². The van der Waals surface area contributed by atoms with Crippen LogP contribution in [0.5, 0.6) is 10.9 Å². The lowest BCUT2D eigenvalue weighted by Gasteiger charge is -2.43. The van der Waals surface area contributed by atoms with E-state index in [9.17, 15) is 5.11 Å². The predicted octanol–water partition coefficient (Wildman–Crippen LogP) is 3.49. The SMILES string of the molecule is CN1[C@@H]2CC[C@@]1(C)C[C@H](Oc1nnc(-c3ccc(-n4ccnc4)cc3O)s1)C2. The van der Waals surface area contributed by atoms with Crippen LogP contribution in [0.1, 0.15) is 32.6 Å². The van der Waals surface area contributed by atoms with E-state index in [-0.39, 0.29) is 17.4 Å². The van der Waals surface area contributed by atoms with Gasteiger partial charge in [0.05, 0.1) is 17.6 Å². The zero-order valence-electron chi connectivity index (χ0n) is 15.9. The monoisotopic (exact) mass is 397 g/mol. The standard InChI is InChI=1S/C20H23N5O2S/c1-20-6-5-13(24(20)2)9-15(11-20)27-19-23-22-18(28-19)16-4-3-14(10-17(16)26)25-8-7-21-12-25/h3-4,7-8,10,12-13,15,26H,5-6,9,11H2,1-2H3/t13-,15-,20+/m1/s1. The Hall–Kier alpha value is -2.45. The number of imidazole rings is 1. The quantitative estimate of drug-likeness (QED) is 0.726. The first-order chi connectivity index (χ1) is 13.5. The third-order valence-corrected chi connectivity index (χ3v) is 7.15. The van der Waals surface area contributed by atoms with E-state index in [0.717, 1.165) is 18.5 Å². The summed E-state index contributed by atoms with van der Waals surface area (Å²) in [6, 6.07) is 6.07. The molecule has 2 fully saturated rings. The Bertz CT molecular complexity index is 988. The van der Waals surface area contributed by atoms with Crippen molar-refractivity contribution in [3.05, 3.63) is 36.9 Å². The van der Waals surface area contributed by atoms with Gasteiger partial charge in [-0.25, -0.2) is 4.98 Å². The van der Waals surface area contributed by atoms with Crippen molar-refractivity contribution in [1.29, 1.82) is 0 Å². The zero-order valence-corrected chi connectivity index (χ0v) is 16.8. The highest BCUT2D eigenvalue weighted by Gasteiger charge is 2.47. The van der Waals surface area contributed by atoms with Crippen molar-refractivity contribution in [2.24, 2.45) is 0 Å². The van der Waals surface area contributed by atoms with E-state index in [1.165, 1.54) is 24.2 Å². The molecule has 0 unspecified atom stereocenters. The lowest BCUT2D eigenvalue weighted by molar-refractivity contribution is 0.0176. The van der Waals surface area contributed by atoms with Crippen LogP contribution in [0.3, 0.4) is 0 Å². The maximum atomic E-state index is 10.5. The Labute approximate surface area is 167 Å². The van der Waals surface area contributed by atoms with Gasteiger partial charge in [-0.1, -0.05) is 16.4 Å². The van der Waals surface area contributed by atoms with E-state index >= 15 is 0 Å². The van der Waals surface area contributed by atoms with E-state index in [1.807, 2.05) is 22.9 Å². The Morgan fingerprint density at radius 3 is 2.96 bits per heavy atom. The minimum absolute atomic E-state index is 0.166. The predicted molar refractivity (Wildman–Crippen MR) is 107 cm³/mol. The van der Waals surface area contributed by atoms with Crippen LogP contribution in [0, 0.1) is 0 Å². The van der Waals surface area contributed by atoms with Crippen LogP contribution in [-0.4, -0.2) is 54.5 Å². The van der Waals surface area contributed by atoms with Crippen LogP contribution >= 0.6 is 11.3 Å². The summed E-state index contributed by atoms with van der Waals surface area (Å²) in [6.07, 6.45) is 9.92. The van der Waals surface area contributed by atoms with Crippen molar-refractivity contribution >= 4 is 11.3 Å². The van der Waals surface area contributed by atoms with E-state index in [2.05, 4.69) is 34.1 Å². The molecule has 3 aromatic rings. The lowest BCUT2D eigenvalue weighted by atomic mass is 9.89. The molecule has 2 aliphatic heterocycles. The van der Waals surface area contributed by atoms with Crippen molar-refractivity contribution in [2.45, 2.75) is 50.3 Å². The molecule has 0 amide bonds. The molecule has 0 spiro atoms. The number of hydrogen-bond acceptors (Lipinski definition) is 7. The fraction of sp³-hybridized carbons (Fsp3) is 0.450. The summed E-state index contributed by atoms with van der Waals surface area (Å²) in [5, 5.41) is 20.2. The number of aromatic nitrogens is 4. The molecule has 7 nitrogen and oxygen atoms in total. The smallest absolute Gasteiger partial charge is 0.294 e. The van der Waals surface area contributed by atoms with Gasteiger partial charge in [0.2, 0.25) is 0 Å². The average Bonchev–Trinajstić information content (AvgIpc) is 3.38. The third-order valence-electron chi connectivity index (χ3n) is 6.31. The largest absolute Gasteiger partial charge is 0.507 e. The molecule has 146 valence electrons. The highest BCUT2D eigenvalue weighted by molar-refractivity contribution is 7.16. The summed E-state index contributed by atoms with van der Waals surface area (Å²) in [5.41, 5.74) is 1.73. The molecule has 1 N–H and O–H groups in total. The highest BCUT2D eigenvalue weighted by atomic mass is 32.1. The average molecular weight is 398 g/mol. The number of fused-ring (bicyclic) bond motifs is 2. The van der Waals surface area contributed by atoms with Gasteiger partial charge in [-0.05, 0) is 45.4 Å². The normalized spacial score (nSPS) is 27.2. The first-order valence-electron chi connectivity index (χ1n) is 9.57. The molecule has 5 rings (SSSR count). The number of rotatable bonds is 4. The van der Waals surface area contributed by atoms with E-state index < -0.39 is 0 Å². The number of benzene rings is 1. The van der Waals surface area contributed by atoms with Crippen LogP contribution in [0.4, 0.5) is 0 Å². The van der Waals surface area contributed by atoms with Gasteiger partial charge >= 0.3 is 0 Å². The summed E-state index contributed by atoms with van der Waals surface area (Å²) >= 11 is 1.38. The Kier molecular flexibility index (Phi) is 4.13. The van der Waals surface area contributed by atoms with Gasteiger partial charge in [0.1, 0.15) is 11.9 Å². The summed E-state index contributed by atoms with van der Waals surface area (Å²) in [5.74, 6) is 0.166. The first-order valence-corrected chi connectivity index (χ1v) is 10.4. The number of phenols is 1. The zero-order chi connectivity index (χ0) is 19.3. The van der Waals surface area contributed by atoms with E-state index in [1.54, 1.807) is 18.6 Å². The fourth-order valence-corrected chi connectivity index (χ4v) is 5.36. The molecule has 4 heterocycles. The van der Waals surface area contributed by atoms with Crippen molar-refractivity contribution in [3.8, 4) is 27.2 Å². The second-order valence-corrected chi connectivity index (χ2v) is 8.96. The van der Waals surface area contributed by atoms with Gasteiger partial charge in [-0.2, -0.15) is 0 Å². The van der Waals surface area contributed by atoms with Gasteiger partial charge in [-0.15, -0.1) is 5.10 Å². The molecule has 1 aromatic carbocycles. The summed E-state index contributed by atoms with van der Waals surface area (Å²) in [7, 11) is 2.23. The molecular formula is C20H23N5O2S. The molecule has 0 radical (unpaired) electrons. The Morgan fingerprint density at radius 1 is 1.32 bits per heavy atom. The van der Waals surface area contributed by atoms with Gasteiger partial charge in [0.15, 0.2) is 5.01 Å². The van der Waals surface area contributed by atoms with E-state index in [0.29, 0.717) is 21.8 Å². The molecule has 8 heteroatoms. The van der Waals surface area contributed by atoms with Crippen molar-refractivity contribution in [3.63, 3.8) is 0 Å². The topological polar surface area (TPSA) is 76.3 Å². The van der Waals surface area contributed by atoms with Crippen molar-refractivity contribution in [1.82, 2.24) is 24.6 Å². The van der Waals surface area contributed by atoms with Crippen LogP contribution in [-0.2, 0) is 0 Å². The minimum atomic E-state index is 0.166. The molecular weight excluding hydrogens is 374 g/mol. The molecule has 0 saturated carbocycles. The summed E-state index contributed by atoms with van der Waals surface area (Å²) < 4.78 is 8.04. The molecule has 28 heavy (non-hydrogen) atoms. The molecule has 3 atom stereocenters. The molecule has 2 bridgehead atoms. The number of phenolic OH excluding ortho intramolecular Hbond substituents is 1. The number of piperidine rings is 1. The van der Waals surface area contributed by atoms with Gasteiger partial charge in [0.25, 0.3) is 5.19 Å². The molecule has 0 aliphatic carbocycles. The molecule has 2 aromatic heterocycles. The van der Waals surface area contributed by atoms with Crippen LogP contribution in [0.2, 0.25) is 0 Å². The van der Waals surface area contributed by atoms with Crippen molar-refractivity contribution in [2.75, 3.05) is 7.05 Å². The Balaban J connectivity index is 1.33. The summed E-state index contributed by atoms with van der Waals surface area (Å²) in [4.78, 5) is 6.55. The second-order valence-electron chi connectivity index (χ2n) is 8.02. The van der Waals surface area contributed by atoms with Crippen LogP contribution in [0.25, 0.3) is 16.3 Å². The molecule has 2 aliphatic rings.